The molecule has 0 fully saturated rings. The molecule has 0 aliphatic heterocycles. The molecule has 0 radical (unpaired) electrons. The number of thiazole rings is 1. The number of nitrogens with zero attached hydrogens (tertiary/aromatic N) is 1. The van der Waals surface area contributed by atoms with E-state index in [4.69, 9.17) is 9.72 Å². The molecule has 4 heteroatoms. The quantitative estimate of drug-likeness (QED) is 0.775. The zero-order valence-corrected chi connectivity index (χ0v) is 10.9. The molecular formula is C12H20N2OS. The van der Waals surface area contributed by atoms with E-state index in [1.807, 2.05) is 11.3 Å². The van der Waals surface area contributed by atoms with Crippen LogP contribution in [0.5, 0.6) is 0 Å². The van der Waals surface area contributed by atoms with Crippen molar-refractivity contribution in [2.75, 3.05) is 20.3 Å². The summed E-state index contributed by atoms with van der Waals surface area (Å²) in [5, 5.41) is 4.74. The smallest absolute Gasteiger partial charge is 0.110 e. The van der Waals surface area contributed by atoms with Gasteiger partial charge in [-0.25, -0.2) is 4.98 Å². The third-order valence-electron chi connectivity index (χ3n) is 2.96. The largest absolute Gasteiger partial charge is 0.385 e. The van der Waals surface area contributed by atoms with Gasteiger partial charge in [-0.15, -0.1) is 11.3 Å². The first-order valence-electron chi connectivity index (χ1n) is 6.02. The van der Waals surface area contributed by atoms with Gasteiger partial charge in [0.05, 0.1) is 11.7 Å². The van der Waals surface area contributed by atoms with E-state index in [0.29, 0.717) is 6.04 Å². The Kier molecular flexibility index (Phi) is 4.32. The zero-order valence-electron chi connectivity index (χ0n) is 10.1. The minimum atomic E-state index is 0.382. The first-order chi connectivity index (χ1) is 7.81. The first-order valence-corrected chi connectivity index (χ1v) is 6.83. The van der Waals surface area contributed by atoms with Crippen molar-refractivity contribution in [1.29, 1.82) is 0 Å². The average molecular weight is 240 g/mol. The van der Waals surface area contributed by atoms with E-state index in [-0.39, 0.29) is 0 Å². The fourth-order valence-electron chi connectivity index (χ4n) is 2.02. The number of hydrogen-bond donors (Lipinski definition) is 1. The van der Waals surface area contributed by atoms with Crippen molar-refractivity contribution < 1.29 is 4.74 Å². The highest BCUT2D eigenvalue weighted by atomic mass is 32.1. The number of hydrogen-bond acceptors (Lipinski definition) is 4. The highest BCUT2D eigenvalue weighted by Crippen LogP contribution is 2.30. The van der Waals surface area contributed by atoms with Gasteiger partial charge in [-0.05, 0) is 39.2 Å². The molecule has 0 spiro atoms. The zero-order chi connectivity index (χ0) is 11.4. The lowest BCUT2D eigenvalue weighted by Gasteiger charge is -2.10. The van der Waals surface area contributed by atoms with Gasteiger partial charge >= 0.3 is 0 Å². The van der Waals surface area contributed by atoms with Gasteiger partial charge in [0, 0.05) is 18.6 Å². The predicted molar refractivity (Wildman–Crippen MR) is 67.0 cm³/mol. The molecule has 1 heterocycles. The summed E-state index contributed by atoms with van der Waals surface area (Å²) in [7, 11) is 1.74. The molecule has 16 heavy (non-hydrogen) atoms. The lowest BCUT2D eigenvalue weighted by atomic mass is 10.3. The van der Waals surface area contributed by atoms with Gasteiger partial charge < -0.3 is 10.1 Å². The summed E-state index contributed by atoms with van der Waals surface area (Å²) in [4.78, 5) is 6.23. The summed E-state index contributed by atoms with van der Waals surface area (Å²) in [6.07, 6.45) is 4.78. The van der Waals surface area contributed by atoms with Crippen molar-refractivity contribution in [3.05, 3.63) is 15.6 Å². The second-order valence-electron chi connectivity index (χ2n) is 4.30. The molecule has 1 atom stereocenters. The van der Waals surface area contributed by atoms with Crippen LogP contribution in [0.25, 0.3) is 0 Å². The Morgan fingerprint density at radius 3 is 3.12 bits per heavy atom. The molecular weight excluding hydrogens is 220 g/mol. The minimum Gasteiger partial charge on any atom is -0.385 e. The van der Waals surface area contributed by atoms with Crippen LogP contribution in [0.1, 0.15) is 41.4 Å². The van der Waals surface area contributed by atoms with Gasteiger partial charge in [-0.2, -0.15) is 0 Å². The van der Waals surface area contributed by atoms with Crippen LogP contribution >= 0.6 is 11.3 Å². The number of nitrogens with one attached hydrogen (secondary N) is 1. The fraction of sp³-hybridized carbons (Fsp3) is 0.750. The van der Waals surface area contributed by atoms with Gasteiger partial charge in [0.25, 0.3) is 0 Å². The highest BCUT2D eigenvalue weighted by molar-refractivity contribution is 7.11. The second-order valence-corrected chi connectivity index (χ2v) is 5.41. The molecule has 0 aromatic carbocycles. The fourth-order valence-corrected chi connectivity index (χ4v) is 3.20. The molecule has 1 N–H and O–H groups in total. The Labute approximate surface area is 101 Å². The molecule has 90 valence electrons. The molecule has 1 aliphatic carbocycles. The molecule has 1 unspecified atom stereocenters. The summed E-state index contributed by atoms with van der Waals surface area (Å²) in [6, 6.07) is 0.382. The summed E-state index contributed by atoms with van der Waals surface area (Å²) in [5.74, 6) is 0. The van der Waals surface area contributed by atoms with Crippen LogP contribution in [0.3, 0.4) is 0 Å². The van der Waals surface area contributed by atoms with Gasteiger partial charge in [0.2, 0.25) is 0 Å². The second kappa shape index (κ2) is 5.75. The van der Waals surface area contributed by atoms with Crippen molar-refractivity contribution in [3.8, 4) is 0 Å². The highest BCUT2D eigenvalue weighted by Gasteiger charge is 2.19. The molecule has 3 nitrogen and oxygen atoms in total. The van der Waals surface area contributed by atoms with Crippen molar-refractivity contribution in [2.45, 2.75) is 38.6 Å². The normalized spacial score (nSPS) is 16.4. The van der Waals surface area contributed by atoms with E-state index >= 15 is 0 Å². The third kappa shape index (κ3) is 2.81. The van der Waals surface area contributed by atoms with Gasteiger partial charge in [0.15, 0.2) is 0 Å². The van der Waals surface area contributed by atoms with Crippen LogP contribution in [0.4, 0.5) is 0 Å². The molecule has 0 saturated heterocycles. The number of ether oxygens (including phenoxy) is 1. The van der Waals surface area contributed by atoms with Crippen LogP contribution in [0.15, 0.2) is 0 Å². The van der Waals surface area contributed by atoms with E-state index in [0.717, 1.165) is 19.6 Å². The van der Waals surface area contributed by atoms with Gasteiger partial charge in [0.1, 0.15) is 5.01 Å². The molecule has 0 amide bonds. The summed E-state index contributed by atoms with van der Waals surface area (Å²) in [5.41, 5.74) is 1.35. The van der Waals surface area contributed by atoms with Crippen molar-refractivity contribution in [1.82, 2.24) is 10.3 Å². The average Bonchev–Trinajstić information content (AvgIpc) is 2.83. The molecule has 0 bridgehead atoms. The molecule has 1 aromatic rings. The number of methoxy groups -OCH3 is 1. The number of fused-ring (bicyclic) bond motifs is 1. The van der Waals surface area contributed by atoms with Crippen molar-refractivity contribution in [3.63, 3.8) is 0 Å². The van der Waals surface area contributed by atoms with E-state index < -0.39 is 0 Å². The standard InChI is InChI=1S/C12H20N2OS/c1-9(13-7-4-8-15-2)12-14-10-5-3-6-11(10)16-12/h9,13H,3-8H2,1-2H3. The Morgan fingerprint density at radius 2 is 2.38 bits per heavy atom. The molecule has 0 saturated carbocycles. The Hall–Kier alpha value is -0.450. The summed E-state index contributed by atoms with van der Waals surface area (Å²) < 4.78 is 5.03. The predicted octanol–water partition coefficient (Wildman–Crippen LogP) is 2.32. The van der Waals surface area contributed by atoms with Crippen LogP contribution < -0.4 is 5.32 Å². The Balaban J connectivity index is 1.81. The van der Waals surface area contributed by atoms with E-state index in [9.17, 15) is 0 Å². The monoisotopic (exact) mass is 240 g/mol. The van der Waals surface area contributed by atoms with E-state index in [1.165, 1.54) is 34.8 Å². The maximum atomic E-state index is 5.03. The first kappa shape index (κ1) is 12.0. The lowest BCUT2D eigenvalue weighted by molar-refractivity contribution is 0.193. The number of aromatic nitrogens is 1. The maximum Gasteiger partial charge on any atom is 0.110 e. The third-order valence-corrected chi connectivity index (χ3v) is 4.30. The Bertz CT molecular complexity index is 316. The molecule has 1 aromatic heterocycles. The van der Waals surface area contributed by atoms with Gasteiger partial charge in [-0.3, -0.25) is 0 Å². The minimum absolute atomic E-state index is 0.382. The van der Waals surface area contributed by atoms with Crippen LogP contribution in [-0.2, 0) is 17.6 Å². The number of rotatable bonds is 6. The van der Waals surface area contributed by atoms with E-state index in [1.54, 1.807) is 7.11 Å². The van der Waals surface area contributed by atoms with Crippen LogP contribution in [-0.4, -0.2) is 25.2 Å². The summed E-state index contributed by atoms with van der Waals surface area (Å²) >= 11 is 1.89. The summed E-state index contributed by atoms with van der Waals surface area (Å²) in [6.45, 7) is 4.02. The topological polar surface area (TPSA) is 34.1 Å². The molecule has 1 aliphatic rings. The number of aryl methyl sites for hydroxylation is 2. The maximum absolute atomic E-state index is 5.03. The van der Waals surface area contributed by atoms with Gasteiger partial charge in [-0.1, -0.05) is 0 Å². The molecule has 2 rings (SSSR count). The lowest BCUT2D eigenvalue weighted by Crippen LogP contribution is -2.20. The van der Waals surface area contributed by atoms with Crippen molar-refractivity contribution in [2.24, 2.45) is 0 Å². The SMILES string of the molecule is COCCCNC(C)c1nc2c(s1)CCC2. The van der Waals surface area contributed by atoms with Crippen molar-refractivity contribution >= 4 is 11.3 Å². The van der Waals surface area contributed by atoms with E-state index in [2.05, 4.69) is 12.2 Å². The Morgan fingerprint density at radius 1 is 1.50 bits per heavy atom. The van der Waals surface area contributed by atoms with Crippen LogP contribution in [0, 0.1) is 0 Å². The van der Waals surface area contributed by atoms with Crippen LogP contribution in [0.2, 0.25) is 0 Å².